The molecule has 0 aliphatic rings. The number of hydrogen-bond donors (Lipinski definition) is 2. The van der Waals surface area contributed by atoms with E-state index >= 15 is 0 Å². The zero-order valence-corrected chi connectivity index (χ0v) is 19.4. The third kappa shape index (κ3) is 5.13. The molecule has 156 valence electrons. The van der Waals surface area contributed by atoms with Gasteiger partial charge in [0.25, 0.3) is 5.91 Å². The number of amides is 1. The second-order valence-corrected chi connectivity index (χ2v) is 8.56. The van der Waals surface area contributed by atoms with Crippen molar-refractivity contribution in [2.75, 3.05) is 26.5 Å². The van der Waals surface area contributed by atoms with Crippen molar-refractivity contribution in [1.29, 1.82) is 0 Å². The SMILES string of the molecule is COC(=O)c1c(NC(=S)NC(C)c2ccc(C)cc2C)sc(C(=O)N(C)C)c1C. The molecule has 1 amide bonds. The molecule has 2 aromatic rings. The first-order chi connectivity index (χ1) is 13.6. The molecule has 0 spiro atoms. The molecule has 0 saturated heterocycles. The molecule has 0 bridgehead atoms. The van der Waals surface area contributed by atoms with Crippen molar-refractivity contribution in [3.63, 3.8) is 0 Å². The van der Waals surface area contributed by atoms with E-state index in [4.69, 9.17) is 17.0 Å². The van der Waals surface area contributed by atoms with Crippen LogP contribution in [-0.2, 0) is 4.74 Å². The van der Waals surface area contributed by atoms with Gasteiger partial charge in [-0.05, 0) is 56.6 Å². The van der Waals surface area contributed by atoms with Gasteiger partial charge in [0, 0.05) is 14.1 Å². The number of benzene rings is 1. The van der Waals surface area contributed by atoms with Gasteiger partial charge in [-0.1, -0.05) is 23.8 Å². The molecular formula is C21H27N3O3S2. The zero-order chi connectivity index (χ0) is 21.9. The van der Waals surface area contributed by atoms with E-state index in [1.54, 1.807) is 21.0 Å². The number of thiophene rings is 1. The third-order valence-electron chi connectivity index (χ3n) is 4.60. The monoisotopic (exact) mass is 433 g/mol. The summed E-state index contributed by atoms with van der Waals surface area (Å²) in [5.41, 5.74) is 4.42. The lowest BCUT2D eigenvalue weighted by atomic mass is 10.0. The fraction of sp³-hybridized carbons (Fsp3) is 0.381. The predicted octanol–water partition coefficient (Wildman–Crippen LogP) is 4.21. The topological polar surface area (TPSA) is 70.7 Å². The van der Waals surface area contributed by atoms with E-state index in [9.17, 15) is 9.59 Å². The van der Waals surface area contributed by atoms with Gasteiger partial charge in [0.2, 0.25) is 0 Å². The Morgan fingerprint density at radius 3 is 2.41 bits per heavy atom. The van der Waals surface area contributed by atoms with Crippen molar-refractivity contribution in [2.24, 2.45) is 0 Å². The van der Waals surface area contributed by atoms with E-state index in [2.05, 4.69) is 42.7 Å². The summed E-state index contributed by atoms with van der Waals surface area (Å²) >= 11 is 6.66. The fourth-order valence-electron chi connectivity index (χ4n) is 3.08. The molecule has 29 heavy (non-hydrogen) atoms. The Kier molecular flexibility index (Phi) is 7.37. The van der Waals surface area contributed by atoms with Crippen LogP contribution in [0.4, 0.5) is 5.00 Å². The Labute approximate surface area is 181 Å². The van der Waals surface area contributed by atoms with Crippen LogP contribution < -0.4 is 10.6 Å². The molecule has 0 aliphatic heterocycles. The minimum absolute atomic E-state index is 0.0267. The molecule has 8 heteroatoms. The molecule has 2 N–H and O–H groups in total. The number of methoxy groups -OCH3 is 1. The molecular weight excluding hydrogens is 406 g/mol. The highest BCUT2D eigenvalue weighted by Gasteiger charge is 2.26. The van der Waals surface area contributed by atoms with Gasteiger partial charge >= 0.3 is 5.97 Å². The van der Waals surface area contributed by atoms with Crippen LogP contribution in [0.5, 0.6) is 0 Å². The number of carbonyl (C=O) groups is 2. The van der Waals surface area contributed by atoms with Gasteiger partial charge in [-0.3, -0.25) is 4.79 Å². The maximum absolute atomic E-state index is 12.5. The molecule has 1 unspecified atom stereocenters. The van der Waals surface area contributed by atoms with Crippen LogP contribution in [0.1, 0.15) is 55.2 Å². The van der Waals surface area contributed by atoms with Gasteiger partial charge in [-0.25, -0.2) is 4.79 Å². The Bertz CT molecular complexity index is 951. The Morgan fingerprint density at radius 2 is 1.86 bits per heavy atom. The number of nitrogens with zero attached hydrogens (tertiary/aromatic N) is 1. The number of esters is 1. The average Bonchev–Trinajstić information content (AvgIpc) is 2.95. The number of aryl methyl sites for hydroxylation is 2. The molecule has 0 fully saturated rings. The van der Waals surface area contributed by atoms with Crippen molar-refractivity contribution in [2.45, 2.75) is 33.7 Å². The van der Waals surface area contributed by atoms with Crippen molar-refractivity contribution >= 4 is 45.5 Å². The summed E-state index contributed by atoms with van der Waals surface area (Å²) in [7, 11) is 4.66. The summed E-state index contributed by atoms with van der Waals surface area (Å²) in [6.07, 6.45) is 0. The first-order valence-electron chi connectivity index (χ1n) is 9.14. The number of thiocarbonyl (C=S) groups is 1. The highest BCUT2D eigenvalue weighted by Crippen LogP contribution is 2.34. The van der Waals surface area contributed by atoms with Crippen LogP contribution in [0.2, 0.25) is 0 Å². The lowest BCUT2D eigenvalue weighted by molar-refractivity contribution is 0.0601. The number of nitrogens with one attached hydrogen (secondary N) is 2. The van der Waals surface area contributed by atoms with E-state index in [1.807, 2.05) is 6.92 Å². The van der Waals surface area contributed by atoms with Gasteiger partial charge in [-0.2, -0.15) is 0 Å². The van der Waals surface area contributed by atoms with Crippen LogP contribution in [0, 0.1) is 20.8 Å². The van der Waals surface area contributed by atoms with E-state index in [1.165, 1.54) is 34.5 Å². The minimum Gasteiger partial charge on any atom is -0.465 e. The van der Waals surface area contributed by atoms with Crippen molar-refractivity contribution in [3.8, 4) is 0 Å². The normalized spacial score (nSPS) is 11.6. The van der Waals surface area contributed by atoms with Crippen LogP contribution in [0.15, 0.2) is 18.2 Å². The van der Waals surface area contributed by atoms with E-state index < -0.39 is 5.97 Å². The number of carbonyl (C=O) groups excluding carboxylic acids is 2. The molecule has 0 saturated carbocycles. The average molecular weight is 434 g/mol. The highest BCUT2D eigenvalue weighted by atomic mass is 32.1. The third-order valence-corrected chi connectivity index (χ3v) is 6.02. The first-order valence-corrected chi connectivity index (χ1v) is 10.4. The first kappa shape index (κ1) is 22.8. The van der Waals surface area contributed by atoms with Crippen molar-refractivity contribution < 1.29 is 14.3 Å². The molecule has 0 aliphatic carbocycles. The van der Waals surface area contributed by atoms with Crippen molar-refractivity contribution in [3.05, 3.63) is 50.9 Å². The number of anilines is 1. The molecule has 0 radical (unpaired) electrons. The van der Waals surface area contributed by atoms with E-state index in [0.717, 1.165) is 5.56 Å². The van der Waals surface area contributed by atoms with Crippen LogP contribution in [0.3, 0.4) is 0 Å². The Morgan fingerprint density at radius 1 is 1.21 bits per heavy atom. The maximum atomic E-state index is 12.5. The molecule has 1 aromatic carbocycles. The second kappa shape index (κ2) is 9.37. The van der Waals surface area contributed by atoms with Crippen LogP contribution >= 0.6 is 23.6 Å². The van der Waals surface area contributed by atoms with Gasteiger partial charge in [0.1, 0.15) is 5.00 Å². The second-order valence-electron chi connectivity index (χ2n) is 7.13. The molecule has 1 aromatic heterocycles. The molecule has 1 heterocycles. The Hall–Kier alpha value is -2.45. The van der Waals surface area contributed by atoms with Crippen molar-refractivity contribution in [1.82, 2.24) is 10.2 Å². The van der Waals surface area contributed by atoms with Gasteiger partial charge in [-0.15, -0.1) is 11.3 Å². The summed E-state index contributed by atoms with van der Waals surface area (Å²) in [5, 5.41) is 7.19. The lowest BCUT2D eigenvalue weighted by Crippen LogP contribution is -2.31. The highest BCUT2D eigenvalue weighted by molar-refractivity contribution is 7.80. The summed E-state index contributed by atoms with van der Waals surface area (Å²) in [6.45, 7) is 7.88. The van der Waals surface area contributed by atoms with Crippen LogP contribution in [0.25, 0.3) is 0 Å². The largest absolute Gasteiger partial charge is 0.465 e. The molecule has 1 atom stereocenters. The van der Waals surface area contributed by atoms with Gasteiger partial charge < -0.3 is 20.3 Å². The smallest absolute Gasteiger partial charge is 0.341 e. The number of hydrogen-bond acceptors (Lipinski definition) is 5. The quantitative estimate of drug-likeness (QED) is 0.544. The lowest BCUT2D eigenvalue weighted by Gasteiger charge is -2.19. The predicted molar refractivity (Wildman–Crippen MR) is 122 cm³/mol. The van der Waals surface area contributed by atoms with Gasteiger partial charge in [0.15, 0.2) is 5.11 Å². The minimum atomic E-state index is -0.510. The van der Waals surface area contributed by atoms with E-state index in [0.29, 0.717) is 26.1 Å². The summed E-state index contributed by atoms with van der Waals surface area (Å²) < 4.78 is 4.91. The zero-order valence-electron chi connectivity index (χ0n) is 17.8. The maximum Gasteiger partial charge on any atom is 0.341 e. The number of rotatable bonds is 5. The summed E-state index contributed by atoms with van der Waals surface area (Å²) in [5.74, 6) is -0.683. The van der Waals surface area contributed by atoms with Gasteiger partial charge in [0.05, 0.1) is 23.6 Å². The Balaban J connectivity index is 2.27. The van der Waals surface area contributed by atoms with E-state index in [-0.39, 0.29) is 11.9 Å². The summed E-state index contributed by atoms with van der Waals surface area (Å²) in [6, 6.07) is 6.24. The summed E-state index contributed by atoms with van der Waals surface area (Å²) in [4.78, 5) is 26.7. The standard InChI is InChI=1S/C21H27N3O3S2/c1-11-8-9-15(12(2)10-11)14(4)22-21(28)23-18-16(20(26)27-7)13(3)17(29-18)19(25)24(5)6/h8-10,14H,1-7H3,(H2,22,23,28). The molecule has 6 nitrogen and oxygen atoms in total. The van der Waals surface area contributed by atoms with Crippen LogP contribution in [-0.4, -0.2) is 43.1 Å². The number of ether oxygens (including phenoxy) is 1. The fourth-order valence-corrected chi connectivity index (χ4v) is 4.65. The molecule has 2 rings (SSSR count).